The van der Waals surface area contributed by atoms with Gasteiger partial charge in [-0.3, -0.25) is 9.69 Å². The van der Waals surface area contributed by atoms with E-state index in [2.05, 4.69) is 30.7 Å². The molecule has 1 atom stereocenters. The average molecular weight is 263 g/mol. The van der Waals surface area contributed by atoms with Crippen LogP contribution in [0.15, 0.2) is 18.3 Å². The van der Waals surface area contributed by atoms with Gasteiger partial charge in [-0.05, 0) is 44.1 Å². The van der Waals surface area contributed by atoms with Crippen molar-refractivity contribution in [3.05, 3.63) is 23.9 Å². The van der Waals surface area contributed by atoms with Crippen molar-refractivity contribution in [1.82, 2.24) is 9.88 Å². The van der Waals surface area contributed by atoms with E-state index in [9.17, 15) is 4.79 Å². The van der Waals surface area contributed by atoms with Gasteiger partial charge in [0.15, 0.2) is 5.78 Å². The van der Waals surface area contributed by atoms with Crippen LogP contribution < -0.4 is 5.73 Å². The number of Topliss-reactive ketones (excluding diaryl/α,β-unsaturated/α-hetero) is 1. The predicted molar refractivity (Wildman–Crippen MR) is 79.0 cm³/mol. The molecule has 0 saturated heterocycles. The van der Waals surface area contributed by atoms with Gasteiger partial charge >= 0.3 is 0 Å². The summed E-state index contributed by atoms with van der Waals surface area (Å²) in [4.78, 5) is 18.8. The van der Waals surface area contributed by atoms with Crippen LogP contribution in [0.2, 0.25) is 0 Å². The highest BCUT2D eigenvalue weighted by molar-refractivity contribution is 5.89. The van der Waals surface area contributed by atoms with Crippen molar-refractivity contribution in [3.8, 4) is 0 Å². The predicted octanol–water partition coefficient (Wildman–Crippen LogP) is 2.29. The van der Waals surface area contributed by atoms with Crippen LogP contribution in [0.5, 0.6) is 0 Å². The number of hydrogen-bond donors (Lipinski definition) is 1. The van der Waals surface area contributed by atoms with Crippen molar-refractivity contribution >= 4 is 11.6 Å². The van der Waals surface area contributed by atoms with Crippen molar-refractivity contribution in [2.45, 2.75) is 46.1 Å². The second kappa shape index (κ2) is 6.66. The molecule has 19 heavy (non-hydrogen) atoms. The Bertz CT molecular complexity index is 429. The highest BCUT2D eigenvalue weighted by Crippen LogP contribution is 2.22. The Morgan fingerprint density at radius 2 is 2.00 bits per heavy atom. The summed E-state index contributed by atoms with van der Waals surface area (Å²) in [5.41, 5.74) is 6.19. The first-order chi connectivity index (χ1) is 8.97. The van der Waals surface area contributed by atoms with Crippen LogP contribution in [0, 0.1) is 0 Å². The van der Waals surface area contributed by atoms with Gasteiger partial charge in [-0.1, -0.05) is 20.8 Å². The Balaban J connectivity index is 2.90. The minimum Gasteiger partial charge on any atom is -0.384 e. The van der Waals surface area contributed by atoms with Gasteiger partial charge in [0.05, 0.1) is 5.54 Å². The van der Waals surface area contributed by atoms with Crippen molar-refractivity contribution in [3.63, 3.8) is 0 Å². The second-order valence-corrected chi connectivity index (χ2v) is 4.99. The van der Waals surface area contributed by atoms with E-state index in [1.165, 1.54) is 0 Å². The first-order valence-corrected chi connectivity index (χ1v) is 6.96. The van der Waals surface area contributed by atoms with Gasteiger partial charge in [0.1, 0.15) is 5.82 Å². The maximum Gasteiger partial charge on any atom is 0.157 e. The fourth-order valence-corrected chi connectivity index (χ4v) is 2.50. The number of likely N-dealkylation sites (N-methyl/N-ethyl adjacent to an activating group) is 1. The van der Waals surface area contributed by atoms with Crippen LogP contribution in [-0.4, -0.2) is 34.3 Å². The largest absolute Gasteiger partial charge is 0.384 e. The molecule has 0 saturated carbocycles. The van der Waals surface area contributed by atoms with E-state index in [1.54, 1.807) is 12.3 Å². The van der Waals surface area contributed by atoms with Crippen molar-refractivity contribution < 1.29 is 4.79 Å². The topological polar surface area (TPSA) is 59.2 Å². The molecule has 1 rings (SSSR count). The lowest BCUT2D eigenvalue weighted by Crippen LogP contribution is -2.52. The number of hydrogen-bond acceptors (Lipinski definition) is 4. The molecule has 2 N–H and O–H groups in total. The molecule has 0 bridgehead atoms. The second-order valence-electron chi connectivity index (χ2n) is 4.99. The molecule has 4 heteroatoms. The summed E-state index contributed by atoms with van der Waals surface area (Å²) in [5, 5.41) is 0. The van der Waals surface area contributed by atoms with Crippen LogP contribution >= 0.6 is 0 Å². The highest BCUT2D eigenvalue weighted by atomic mass is 16.1. The van der Waals surface area contributed by atoms with Gasteiger partial charge in [0, 0.05) is 12.6 Å². The molecule has 1 aromatic rings. The third kappa shape index (κ3) is 3.53. The molecule has 0 aromatic carbocycles. The molecule has 1 unspecified atom stereocenters. The lowest BCUT2D eigenvalue weighted by molar-refractivity contribution is -0.129. The highest BCUT2D eigenvalue weighted by Gasteiger charge is 2.35. The first kappa shape index (κ1) is 15.6. The van der Waals surface area contributed by atoms with E-state index in [-0.39, 0.29) is 5.78 Å². The third-order valence-electron chi connectivity index (χ3n) is 3.96. The molecule has 4 nitrogen and oxygen atoms in total. The van der Waals surface area contributed by atoms with Crippen LogP contribution in [0.1, 0.15) is 39.7 Å². The summed E-state index contributed by atoms with van der Waals surface area (Å²) in [6.07, 6.45) is 2.88. The maximum atomic E-state index is 12.6. The van der Waals surface area contributed by atoms with E-state index in [0.717, 1.165) is 25.1 Å². The maximum absolute atomic E-state index is 12.6. The SMILES string of the molecule is CCN(CC)C(C)(CC)C(=O)Cc1ccnc(N)c1. The molecule has 1 heterocycles. The lowest BCUT2D eigenvalue weighted by Gasteiger charge is -2.38. The van der Waals surface area contributed by atoms with E-state index in [4.69, 9.17) is 5.73 Å². The van der Waals surface area contributed by atoms with Gasteiger partial charge in [-0.2, -0.15) is 0 Å². The molecular formula is C15H25N3O. The normalized spacial score (nSPS) is 14.4. The number of ketones is 1. The van der Waals surface area contributed by atoms with E-state index >= 15 is 0 Å². The van der Waals surface area contributed by atoms with Crippen LogP contribution in [0.25, 0.3) is 0 Å². The molecular weight excluding hydrogens is 238 g/mol. The third-order valence-corrected chi connectivity index (χ3v) is 3.96. The number of aromatic nitrogens is 1. The zero-order valence-corrected chi connectivity index (χ0v) is 12.4. The number of nitrogens with zero attached hydrogens (tertiary/aromatic N) is 2. The molecule has 0 aliphatic heterocycles. The number of carbonyl (C=O) groups excluding carboxylic acids is 1. The molecule has 106 valence electrons. The number of anilines is 1. The molecule has 0 spiro atoms. The van der Waals surface area contributed by atoms with Crippen molar-refractivity contribution in [2.24, 2.45) is 0 Å². The van der Waals surface area contributed by atoms with Crippen LogP contribution in [-0.2, 0) is 11.2 Å². The number of nitrogen functional groups attached to an aromatic ring is 1. The number of carbonyl (C=O) groups is 1. The first-order valence-electron chi connectivity index (χ1n) is 6.96. The number of pyridine rings is 1. The molecule has 0 aliphatic rings. The summed E-state index contributed by atoms with van der Waals surface area (Å²) in [6.45, 7) is 10.0. The minimum atomic E-state index is -0.401. The molecule has 0 aliphatic carbocycles. The summed E-state index contributed by atoms with van der Waals surface area (Å²) >= 11 is 0. The fraction of sp³-hybridized carbons (Fsp3) is 0.600. The van der Waals surface area contributed by atoms with Gasteiger partial charge in [0.25, 0.3) is 0 Å². The van der Waals surface area contributed by atoms with Gasteiger partial charge in [0.2, 0.25) is 0 Å². The molecule has 1 aromatic heterocycles. The Morgan fingerprint density at radius 3 is 2.47 bits per heavy atom. The lowest BCUT2D eigenvalue weighted by atomic mass is 9.87. The fourth-order valence-electron chi connectivity index (χ4n) is 2.50. The van der Waals surface area contributed by atoms with E-state index < -0.39 is 5.54 Å². The summed E-state index contributed by atoms with van der Waals surface area (Å²) in [7, 11) is 0. The average Bonchev–Trinajstić information content (AvgIpc) is 2.39. The monoisotopic (exact) mass is 263 g/mol. The van der Waals surface area contributed by atoms with E-state index in [1.807, 2.05) is 13.0 Å². The Morgan fingerprint density at radius 1 is 1.37 bits per heavy atom. The quantitative estimate of drug-likeness (QED) is 0.820. The number of nitrogens with two attached hydrogens (primary N) is 1. The summed E-state index contributed by atoms with van der Waals surface area (Å²) in [5.74, 6) is 0.704. The van der Waals surface area contributed by atoms with E-state index in [0.29, 0.717) is 12.2 Å². The Hall–Kier alpha value is -1.42. The minimum absolute atomic E-state index is 0.240. The Labute approximate surface area is 116 Å². The smallest absolute Gasteiger partial charge is 0.157 e. The molecule has 0 amide bonds. The van der Waals surface area contributed by atoms with Crippen LogP contribution in [0.3, 0.4) is 0 Å². The van der Waals surface area contributed by atoms with Crippen LogP contribution in [0.4, 0.5) is 5.82 Å². The summed E-state index contributed by atoms with van der Waals surface area (Å²) in [6, 6.07) is 3.63. The summed E-state index contributed by atoms with van der Waals surface area (Å²) < 4.78 is 0. The molecule has 0 fully saturated rings. The zero-order chi connectivity index (χ0) is 14.5. The molecule has 0 radical (unpaired) electrons. The van der Waals surface area contributed by atoms with Gasteiger partial charge < -0.3 is 5.73 Å². The van der Waals surface area contributed by atoms with Gasteiger partial charge in [-0.25, -0.2) is 4.98 Å². The van der Waals surface area contributed by atoms with Gasteiger partial charge in [-0.15, -0.1) is 0 Å². The zero-order valence-electron chi connectivity index (χ0n) is 12.4. The number of rotatable bonds is 7. The standard InChI is InChI=1S/C15H25N3O/c1-5-15(4,18(6-2)7-3)13(19)10-12-8-9-17-14(16)11-12/h8-9,11H,5-7,10H2,1-4H3,(H2,16,17). The van der Waals surface area contributed by atoms with Crippen molar-refractivity contribution in [1.29, 1.82) is 0 Å². The van der Waals surface area contributed by atoms with Crippen molar-refractivity contribution in [2.75, 3.05) is 18.8 Å². The Kier molecular flexibility index (Phi) is 5.48.